The largest absolute Gasteiger partial charge is 0.408 e. The molecule has 0 aliphatic rings. The SMILES string of the molecule is Cl.Fc1ccc(CNCc2ccn(CC(F)(F)F)n2)s1. The molecular formula is C11H12ClF4N3S. The van der Waals surface area contributed by atoms with Gasteiger partial charge in [0.25, 0.3) is 0 Å². The first-order valence-electron chi connectivity index (χ1n) is 5.46. The van der Waals surface area contributed by atoms with Crippen LogP contribution in [0.1, 0.15) is 10.6 Å². The Hall–Kier alpha value is -1.12. The van der Waals surface area contributed by atoms with E-state index in [1.807, 2.05) is 0 Å². The number of alkyl halides is 3. The zero-order chi connectivity index (χ0) is 13.9. The predicted molar refractivity (Wildman–Crippen MR) is 70.4 cm³/mol. The summed E-state index contributed by atoms with van der Waals surface area (Å²) in [4.78, 5) is 0.826. The lowest BCUT2D eigenvalue weighted by atomic mass is 10.4. The Balaban J connectivity index is 0.00000200. The number of rotatable bonds is 5. The van der Waals surface area contributed by atoms with Gasteiger partial charge in [-0.3, -0.25) is 4.68 Å². The van der Waals surface area contributed by atoms with Crippen molar-refractivity contribution in [2.75, 3.05) is 0 Å². The van der Waals surface area contributed by atoms with Crippen molar-refractivity contribution in [1.29, 1.82) is 0 Å². The fraction of sp³-hybridized carbons (Fsp3) is 0.364. The second-order valence-electron chi connectivity index (χ2n) is 3.93. The number of nitrogens with zero attached hydrogens (tertiary/aromatic N) is 2. The molecule has 20 heavy (non-hydrogen) atoms. The third-order valence-corrected chi connectivity index (χ3v) is 3.15. The zero-order valence-corrected chi connectivity index (χ0v) is 11.8. The van der Waals surface area contributed by atoms with E-state index >= 15 is 0 Å². The van der Waals surface area contributed by atoms with Gasteiger partial charge in [-0.2, -0.15) is 22.7 Å². The molecule has 0 fully saturated rings. The molecule has 2 aromatic rings. The van der Waals surface area contributed by atoms with Crippen molar-refractivity contribution in [3.63, 3.8) is 0 Å². The molecule has 0 aromatic carbocycles. The minimum Gasteiger partial charge on any atom is -0.306 e. The van der Waals surface area contributed by atoms with Crippen LogP contribution in [0.4, 0.5) is 17.6 Å². The van der Waals surface area contributed by atoms with Gasteiger partial charge in [-0.05, 0) is 18.2 Å². The van der Waals surface area contributed by atoms with Crippen LogP contribution in [0.2, 0.25) is 0 Å². The Kier molecular flexibility index (Phi) is 5.97. The van der Waals surface area contributed by atoms with Crippen molar-refractivity contribution in [2.45, 2.75) is 25.8 Å². The Labute approximate surface area is 123 Å². The van der Waals surface area contributed by atoms with Gasteiger partial charge < -0.3 is 5.32 Å². The third kappa shape index (κ3) is 5.48. The van der Waals surface area contributed by atoms with Crippen LogP contribution in [-0.4, -0.2) is 16.0 Å². The summed E-state index contributed by atoms with van der Waals surface area (Å²) in [6.07, 6.45) is -2.99. The molecule has 0 aliphatic carbocycles. The lowest BCUT2D eigenvalue weighted by Crippen LogP contribution is -2.18. The Morgan fingerprint density at radius 2 is 1.95 bits per heavy atom. The van der Waals surface area contributed by atoms with Gasteiger partial charge in [-0.1, -0.05) is 0 Å². The van der Waals surface area contributed by atoms with E-state index in [-0.39, 0.29) is 17.5 Å². The summed E-state index contributed by atoms with van der Waals surface area (Å²) >= 11 is 1.03. The number of halogens is 5. The first-order valence-corrected chi connectivity index (χ1v) is 6.28. The predicted octanol–water partition coefficient (Wildman–Crippen LogP) is 3.36. The first-order chi connectivity index (χ1) is 8.92. The van der Waals surface area contributed by atoms with Crippen LogP contribution in [0.15, 0.2) is 24.4 Å². The fourth-order valence-electron chi connectivity index (χ4n) is 1.53. The van der Waals surface area contributed by atoms with E-state index in [0.717, 1.165) is 20.9 Å². The van der Waals surface area contributed by atoms with Crippen LogP contribution in [0.5, 0.6) is 0 Å². The van der Waals surface area contributed by atoms with Crippen LogP contribution in [0.25, 0.3) is 0 Å². The molecule has 0 radical (unpaired) electrons. The minimum absolute atomic E-state index is 0. The van der Waals surface area contributed by atoms with Crippen LogP contribution in [-0.2, 0) is 19.6 Å². The quantitative estimate of drug-likeness (QED) is 0.853. The highest BCUT2D eigenvalue weighted by Crippen LogP contribution is 2.17. The molecule has 0 spiro atoms. The lowest BCUT2D eigenvalue weighted by molar-refractivity contribution is -0.142. The molecule has 0 atom stereocenters. The van der Waals surface area contributed by atoms with Crippen molar-refractivity contribution in [3.05, 3.63) is 40.1 Å². The number of nitrogens with one attached hydrogen (secondary N) is 1. The summed E-state index contributed by atoms with van der Waals surface area (Å²) in [5.74, 6) is 0. The number of aromatic nitrogens is 2. The molecule has 0 unspecified atom stereocenters. The van der Waals surface area contributed by atoms with Gasteiger partial charge in [0.15, 0.2) is 5.13 Å². The van der Waals surface area contributed by atoms with Gasteiger partial charge in [-0.15, -0.1) is 23.7 Å². The molecule has 2 heterocycles. The molecule has 0 bridgehead atoms. The van der Waals surface area contributed by atoms with Crippen molar-refractivity contribution in [2.24, 2.45) is 0 Å². The van der Waals surface area contributed by atoms with E-state index in [4.69, 9.17) is 0 Å². The normalized spacial score (nSPS) is 11.4. The molecule has 0 aliphatic heterocycles. The Morgan fingerprint density at radius 1 is 1.20 bits per heavy atom. The summed E-state index contributed by atoms with van der Waals surface area (Å²) in [6.45, 7) is -0.297. The number of thiophene rings is 1. The van der Waals surface area contributed by atoms with Crippen LogP contribution in [0, 0.1) is 5.13 Å². The topological polar surface area (TPSA) is 29.9 Å². The molecule has 112 valence electrons. The third-order valence-electron chi connectivity index (χ3n) is 2.27. The van der Waals surface area contributed by atoms with Crippen molar-refractivity contribution >= 4 is 23.7 Å². The smallest absolute Gasteiger partial charge is 0.306 e. The lowest BCUT2D eigenvalue weighted by Gasteiger charge is -2.05. The van der Waals surface area contributed by atoms with Crippen molar-refractivity contribution < 1.29 is 17.6 Å². The molecule has 3 nitrogen and oxygen atoms in total. The second-order valence-corrected chi connectivity index (χ2v) is 5.05. The highest BCUT2D eigenvalue weighted by molar-refractivity contribution is 7.10. The molecule has 0 saturated heterocycles. The molecule has 1 N–H and O–H groups in total. The van der Waals surface area contributed by atoms with Gasteiger partial charge in [0.05, 0.1) is 5.69 Å². The van der Waals surface area contributed by atoms with Gasteiger partial charge in [0, 0.05) is 24.2 Å². The molecule has 9 heteroatoms. The summed E-state index contributed by atoms with van der Waals surface area (Å²) in [5.41, 5.74) is 0.515. The van der Waals surface area contributed by atoms with E-state index in [9.17, 15) is 17.6 Å². The zero-order valence-electron chi connectivity index (χ0n) is 10.2. The minimum atomic E-state index is -4.27. The maximum Gasteiger partial charge on any atom is 0.408 e. The Bertz CT molecular complexity index is 538. The van der Waals surface area contributed by atoms with E-state index < -0.39 is 12.7 Å². The average Bonchev–Trinajstić information content (AvgIpc) is 2.86. The summed E-state index contributed by atoms with van der Waals surface area (Å²) in [5, 5.41) is 6.53. The Morgan fingerprint density at radius 3 is 2.55 bits per heavy atom. The van der Waals surface area contributed by atoms with Crippen molar-refractivity contribution in [1.82, 2.24) is 15.1 Å². The second kappa shape index (κ2) is 7.05. The van der Waals surface area contributed by atoms with Gasteiger partial charge >= 0.3 is 6.18 Å². The number of hydrogen-bond donors (Lipinski definition) is 1. The molecule has 0 amide bonds. The maximum absolute atomic E-state index is 12.7. The van der Waals surface area contributed by atoms with E-state index in [1.165, 1.54) is 18.3 Å². The standard InChI is InChI=1S/C11H11F4N3S.ClH/c12-10-2-1-9(19-10)6-16-5-8-3-4-18(17-8)7-11(13,14)15;/h1-4,16H,5-7H2;1H. The van der Waals surface area contributed by atoms with E-state index in [0.29, 0.717) is 18.8 Å². The highest BCUT2D eigenvalue weighted by atomic mass is 35.5. The average molecular weight is 330 g/mol. The fourth-order valence-corrected chi connectivity index (χ4v) is 2.23. The summed E-state index contributed by atoms with van der Waals surface area (Å²) in [6, 6.07) is 4.56. The number of hydrogen-bond acceptors (Lipinski definition) is 3. The molecule has 2 rings (SSSR count). The van der Waals surface area contributed by atoms with Gasteiger partial charge in [0.1, 0.15) is 6.54 Å². The summed E-state index contributed by atoms with van der Waals surface area (Å²) < 4.78 is 49.9. The van der Waals surface area contributed by atoms with E-state index in [2.05, 4.69) is 10.4 Å². The van der Waals surface area contributed by atoms with Crippen molar-refractivity contribution in [3.8, 4) is 0 Å². The first kappa shape index (κ1) is 16.9. The molecular weight excluding hydrogens is 318 g/mol. The monoisotopic (exact) mass is 329 g/mol. The summed E-state index contributed by atoms with van der Waals surface area (Å²) in [7, 11) is 0. The maximum atomic E-state index is 12.7. The van der Waals surface area contributed by atoms with Crippen LogP contribution < -0.4 is 5.32 Å². The molecule has 0 saturated carbocycles. The van der Waals surface area contributed by atoms with Crippen LogP contribution in [0.3, 0.4) is 0 Å². The van der Waals surface area contributed by atoms with E-state index in [1.54, 1.807) is 6.07 Å². The van der Waals surface area contributed by atoms with Gasteiger partial charge in [-0.25, -0.2) is 0 Å². The molecule has 2 aromatic heterocycles. The van der Waals surface area contributed by atoms with Crippen LogP contribution >= 0.6 is 23.7 Å². The van der Waals surface area contributed by atoms with Gasteiger partial charge in [0.2, 0.25) is 0 Å². The highest BCUT2D eigenvalue weighted by Gasteiger charge is 2.28.